The number of hydrogen-bond donors (Lipinski definition) is 1. The summed E-state index contributed by atoms with van der Waals surface area (Å²) in [5, 5.41) is 3.35. The van der Waals surface area contributed by atoms with Gasteiger partial charge in [0.15, 0.2) is 0 Å². The number of benzene rings is 1. The Labute approximate surface area is 107 Å². The highest BCUT2D eigenvalue weighted by molar-refractivity contribution is 5.66. The minimum absolute atomic E-state index is 0.547. The maximum Gasteiger partial charge on any atom is 0.0346 e. The SMILES string of the molecule is C(=CC1CCN1)c1cncc(-c2ccccc2)c1. The highest BCUT2D eigenvalue weighted by atomic mass is 15.0. The van der Waals surface area contributed by atoms with E-state index in [0.717, 1.165) is 12.1 Å². The van der Waals surface area contributed by atoms with Crippen molar-refractivity contribution in [2.75, 3.05) is 6.54 Å². The highest BCUT2D eigenvalue weighted by Gasteiger charge is 2.11. The van der Waals surface area contributed by atoms with Crippen molar-refractivity contribution < 1.29 is 0 Å². The Morgan fingerprint density at radius 3 is 2.67 bits per heavy atom. The lowest BCUT2D eigenvalue weighted by atomic mass is 10.0. The van der Waals surface area contributed by atoms with Crippen LogP contribution in [0.2, 0.25) is 0 Å². The molecule has 3 rings (SSSR count). The fraction of sp³-hybridized carbons (Fsp3) is 0.188. The van der Waals surface area contributed by atoms with Crippen LogP contribution in [0.3, 0.4) is 0 Å². The summed E-state index contributed by atoms with van der Waals surface area (Å²) in [6.45, 7) is 1.14. The van der Waals surface area contributed by atoms with Gasteiger partial charge in [0.25, 0.3) is 0 Å². The average molecular weight is 236 g/mol. The number of nitrogens with zero attached hydrogens (tertiary/aromatic N) is 1. The Morgan fingerprint density at radius 2 is 1.94 bits per heavy atom. The predicted molar refractivity (Wildman–Crippen MR) is 75.1 cm³/mol. The first-order valence-corrected chi connectivity index (χ1v) is 6.34. The lowest BCUT2D eigenvalue weighted by Crippen LogP contribution is -2.40. The average Bonchev–Trinajstić information content (AvgIpc) is 2.38. The third-order valence-electron chi connectivity index (χ3n) is 3.25. The molecule has 90 valence electrons. The fourth-order valence-corrected chi connectivity index (χ4v) is 2.04. The summed E-state index contributed by atoms with van der Waals surface area (Å²) in [6, 6.07) is 13.1. The second kappa shape index (κ2) is 5.15. The zero-order valence-electron chi connectivity index (χ0n) is 10.2. The second-order valence-corrected chi connectivity index (χ2v) is 4.58. The van der Waals surface area contributed by atoms with Crippen molar-refractivity contribution >= 4 is 6.08 Å². The van der Waals surface area contributed by atoms with Gasteiger partial charge in [-0.15, -0.1) is 0 Å². The van der Waals surface area contributed by atoms with Gasteiger partial charge in [-0.05, 0) is 30.2 Å². The van der Waals surface area contributed by atoms with E-state index < -0.39 is 0 Å². The van der Waals surface area contributed by atoms with Crippen LogP contribution in [0.15, 0.2) is 54.9 Å². The summed E-state index contributed by atoms with van der Waals surface area (Å²) in [7, 11) is 0. The Morgan fingerprint density at radius 1 is 1.11 bits per heavy atom. The van der Waals surface area contributed by atoms with E-state index in [1.807, 2.05) is 18.5 Å². The van der Waals surface area contributed by atoms with E-state index in [1.165, 1.54) is 17.5 Å². The first-order chi connectivity index (χ1) is 8.92. The van der Waals surface area contributed by atoms with Crippen LogP contribution in [-0.2, 0) is 0 Å². The van der Waals surface area contributed by atoms with E-state index in [0.29, 0.717) is 6.04 Å². The topological polar surface area (TPSA) is 24.9 Å². The van der Waals surface area contributed by atoms with E-state index >= 15 is 0 Å². The quantitative estimate of drug-likeness (QED) is 0.885. The maximum atomic E-state index is 4.31. The Hall–Kier alpha value is -1.93. The number of aromatic nitrogens is 1. The molecule has 1 aliphatic rings. The van der Waals surface area contributed by atoms with Crippen molar-refractivity contribution in [1.82, 2.24) is 10.3 Å². The minimum atomic E-state index is 0.547. The van der Waals surface area contributed by atoms with Crippen molar-refractivity contribution in [3.8, 4) is 11.1 Å². The van der Waals surface area contributed by atoms with Gasteiger partial charge in [0.1, 0.15) is 0 Å². The molecule has 0 radical (unpaired) electrons. The molecule has 18 heavy (non-hydrogen) atoms. The molecular formula is C16H16N2. The monoisotopic (exact) mass is 236 g/mol. The van der Waals surface area contributed by atoms with Crippen LogP contribution in [0.5, 0.6) is 0 Å². The van der Waals surface area contributed by atoms with Crippen molar-refractivity contribution in [2.45, 2.75) is 12.5 Å². The molecular weight excluding hydrogens is 220 g/mol. The van der Waals surface area contributed by atoms with Crippen molar-refractivity contribution in [3.05, 3.63) is 60.4 Å². The standard InChI is InChI=1S/C16H16N2/c1-2-4-14(5-3-1)15-10-13(11-17-12-15)6-7-16-8-9-18-16/h1-7,10-12,16,18H,8-9H2. The summed E-state index contributed by atoms with van der Waals surface area (Å²) in [6.07, 6.45) is 9.42. The van der Waals surface area contributed by atoms with Crippen LogP contribution in [0.4, 0.5) is 0 Å². The molecule has 1 unspecified atom stereocenters. The molecule has 0 saturated carbocycles. The van der Waals surface area contributed by atoms with Crippen molar-refractivity contribution in [3.63, 3.8) is 0 Å². The summed E-state index contributed by atoms with van der Waals surface area (Å²) in [4.78, 5) is 4.31. The molecule has 1 saturated heterocycles. The van der Waals surface area contributed by atoms with Crippen molar-refractivity contribution in [2.24, 2.45) is 0 Å². The smallest absolute Gasteiger partial charge is 0.0346 e. The Balaban J connectivity index is 1.82. The van der Waals surface area contributed by atoms with Crippen LogP contribution in [0.25, 0.3) is 17.2 Å². The van der Waals surface area contributed by atoms with Crippen LogP contribution >= 0.6 is 0 Å². The molecule has 1 atom stereocenters. The first-order valence-electron chi connectivity index (χ1n) is 6.34. The zero-order valence-corrected chi connectivity index (χ0v) is 10.2. The lowest BCUT2D eigenvalue weighted by Gasteiger charge is -2.24. The van der Waals surface area contributed by atoms with Crippen LogP contribution in [0, 0.1) is 0 Å². The molecule has 2 nitrogen and oxygen atoms in total. The molecule has 1 aliphatic heterocycles. The van der Waals surface area contributed by atoms with E-state index in [9.17, 15) is 0 Å². The number of hydrogen-bond acceptors (Lipinski definition) is 2. The third-order valence-corrected chi connectivity index (χ3v) is 3.25. The maximum absolute atomic E-state index is 4.31. The molecule has 1 aromatic carbocycles. The van der Waals surface area contributed by atoms with Gasteiger partial charge in [-0.25, -0.2) is 0 Å². The minimum Gasteiger partial charge on any atom is -0.310 e. The zero-order chi connectivity index (χ0) is 12.2. The van der Waals surface area contributed by atoms with E-state index in [1.54, 1.807) is 0 Å². The molecule has 2 heteroatoms. The van der Waals surface area contributed by atoms with Gasteiger partial charge in [-0.2, -0.15) is 0 Å². The number of rotatable bonds is 3. The summed E-state index contributed by atoms with van der Waals surface area (Å²) < 4.78 is 0. The molecule has 0 aliphatic carbocycles. The van der Waals surface area contributed by atoms with Gasteiger partial charge in [0.05, 0.1) is 0 Å². The molecule has 1 fully saturated rings. The van der Waals surface area contributed by atoms with Gasteiger partial charge < -0.3 is 5.32 Å². The van der Waals surface area contributed by atoms with E-state index in [4.69, 9.17) is 0 Å². The van der Waals surface area contributed by atoms with Crippen LogP contribution in [-0.4, -0.2) is 17.6 Å². The van der Waals surface area contributed by atoms with Crippen LogP contribution < -0.4 is 5.32 Å². The molecule has 0 spiro atoms. The molecule has 1 N–H and O–H groups in total. The normalized spacial score (nSPS) is 18.8. The van der Waals surface area contributed by atoms with E-state index in [-0.39, 0.29) is 0 Å². The Kier molecular flexibility index (Phi) is 3.20. The highest BCUT2D eigenvalue weighted by Crippen LogP contribution is 2.19. The number of pyridine rings is 1. The van der Waals surface area contributed by atoms with Crippen molar-refractivity contribution in [1.29, 1.82) is 0 Å². The van der Waals surface area contributed by atoms with E-state index in [2.05, 4.69) is 52.8 Å². The summed E-state index contributed by atoms with van der Waals surface area (Å²) in [5.41, 5.74) is 3.53. The van der Waals surface area contributed by atoms with Gasteiger partial charge in [-0.1, -0.05) is 42.5 Å². The molecule has 2 heterocycles. The molecule has 0 amide bonds. The summed E-state index contributed by atoms with van der Waals surface area (Å²) >= 11 is 0. The lowest BCUT2D eigenvalue weighted by molar-refractivity contribution is 0.438. The largest absolute Gasteiger partial charge is 0.310 e. The van der Waals surface area contributed by atoms with Gasteiger partial charge in [-0.3, -0.25) is 4.98 Å². The Bertz CT molecular complexity index is 542. The molecule has 0 bridgehead atoms. The fourth-order valence-electron chi connectivity index (χ4n) is 2.04. The molecule has 2 aromatic rings. The second-order valence-electron chi connectivity index (χ2n) is 4.58. The van der Waals surface area contributed by atoms with Gasteiger partial charge in [0, 0.05) is 24.0 Å². The van der Waals surface area contributed by atoms with Crippen LogP contribution in [0.1, 0.15) is 12.0 Å². The summed E-state index contributed by atoms with van der Waals surface area (Å²) in [5.74, 6) is 0. The number of nitrogens with one attached hydrogen (secondary N) is 1. The van der Waals surface area contributed by atoms with Gasteiger partial charge in [0.2, 0.25) is 0 Å². The van der Waals surface area contributed by atoms with Gasteiger partial charge >= 0.3 is 0 Å². The predicted octanol–water partition coefficient (Wildman–Crippen LogP) is 3.12. The first kappa shape index (κ1) is 11.2. The third kappa shape index (κ3) is 2.49. The molecule has 1 aromatic heterocycles.